The maximum atomic E-state index is 12.5. The zero-order valence-electron chi connectivity index (χ0n) is 16.3. The van der Waals surface area contributed by atoms with Crippen molar-refractivity contribution >= 4 is 23.6 Å². The Kier molecular flexibility index (Phi) is 7.48. The Hall–Kier alpha value is -2.97. The number of benzene rings is 2. The molecule has 2 aromatic rings. The lowest BCUT2D eigenvalue weighted by Gasteiger charge is -2.16. The van der Waals surface area contributed by atoms with E-state index in [0.29, 0.717) is 22.1 Å². The van der Waals surface area contributed by atoms with Crippen molar-refractivity contribution in [1.29, 1.82) is 5.26 Å². The lowest BCUT2D eigenvalue weighted by Crippen LogP contribution is -2.27. The van der Waals surface area contributed by atoms with Crippen LogP contribution in [0.5, 0.6) is 11.5 Å². The fourth-order valence-electron chi connectivity index (χ4n) is 2.59. The molecule has 28 heavy (non-hydrogen) atoms. The van der Waals surface area contributed by atoms with Gasteiger partial charge in [0, 0.05) is 0 Å². The molecule has 0 aliphatic carbocycles. The largest absolute Gasteiger partial charge is 0.493 e. The monoisotopic (exact) mass is 398 g/mol. The summed E-state index contributed by atoms with van der Waals surface area (Å²) in [6.07, 6.45) is 1.40. The average Bonchev–Trinajstić information content (AvgIpc) is 2.68. The highest BCUT2D eigenvalue weighted by molar-refractivity contribution is 6.32. The summed E-state index contributed by atoms with van der Waals surface area (Å²) in [5.41, 5.74) is 1.49. The Morgan fingerprint density at radius 3 is 2.46 bits per heavy atom. The molecule has 146 valence electrons. The second kappa shape index (κ2) is 9.82. The molecular formula is C22H23ClN2O3. The molecule has 0 bridgehead atoms. The highest BCUT2D eigenvalue weighted by Crippen LogP contribution is 2.37. The Morgan fingerprint density at radius 1 is 1.21 bits per heavy atom. The first kappa shape index (κ1) is 21.3. The Balaban J connectivity index is 2.27. The summed E-state index contributed by atoms with van der Waals surface area (Å²) in [7, 11) is 1.51. The van der Waals surface area contributed by atoms with Gasteiger partial charge in [-0.2, -0.15) is 5.26 Å². The van der Waals surface area contributed by atoms with Crippen LogP contribution in [0.1, 0.15) is 37.9 Å². The second-order valence-corrected chi connectivity index (χ2v) is 6.88. The lowest BCUT2D eigenvalue weighted by atomic mass is 10.1. The summed E-state index contributed by atoms with van der Waals surface area (Å²) < 4.78 is 11.0. The van der Waals surface area contributed by atoms with E-state index in [9.17, 15) is 10.1 Å². The summed E-state index contributed by atoms with van der Waals surface area (Å²) in [6, 6.07) is 14.6. The number of nitrogens with one attached hydrogen (secondary N) is 1. The molecule has 2 aromatic carbocycles. The van der Waals surface area contributed by atoms with Crippen LogP contribution in [0.25, 0.3) is 6.08 Å². The topological polar surface area (TPSA) is 71.3 Å². The predicted octanol–water partition coefficient (Wildman–Crippen LogP) is 4.92. The number of ether oxygens (including phenoxy) is 2. The van der Waals surface area contributed by atoms with Crippen molar-refractivity contribution in [3.05, 3.63) is 64.2 Å². The lowest BCUT2D eigenvalue weighted by molar-refractivity contribution is -0.117. The van der Waals surface area contributed by atoms with Gasteiger partial charge in [0.2, 0.25) is 0 Å². The first-order valence-electron chi connectivity index (χ1n) is 8.87. The maximum absolute atomic E-state index is 12.5. The van der Waals surface area contributed by atoms with Gasteiger partial charge in [-0.3, -0.25) is 4.79 Å². The van der Waals surface area contributed by atoms with Crippen LogP contribution in [0.4, 0.5) is 0 Å². The Bertz CT molecular complexity index is 902. The fraction of sp³-hybridized carbons (Fsp3) is 0.273. The first-order valence-corrected chi connectivity index (χ1v) is 9.25. The van der Waals surface area contributed by atoms with Gasteiger partial charge in [0.25, 0.3) is 5.91 Å². The van der Waals surface area contributed by atoms with Crippen molar-refractivity contribution in [1.82, 2.24) is 5.32 Å². The van der Waals surface area contributed by atoms with E-state index in [1.165, 1.54) is 13.2 Å². The van der Waals surface area contributed by atoms with E-state index in [4.69, 9.17) is 21.1 Å². The summed E-state index contributed by atoms with van der Waals surface area (Å²) in [5.74, 6) is 0.399. The minimum atomic E-state index is -0.462. The van der Waals surface area contributed by atoms with Gasteiger partial charge in [0.05, 0.1) is 24.3 Å². The third-order valence-electron chi connectivity index (χ3n) is 3.93. The van der Waals surface area contributed by atoms with Gasteiger partial charge >= 0.3 is 0 Å². The van der Waals surface area contributed by atoms with Gasteiger partial charge < -0.3 is 14.8 Å². The molecule has 0 spiro atoms. The van der Waals surface area contributed by atoms with Crippen LogP contribution < -0.4 is 14.8 Å². The predicted molar refractivity (Wildman–Crippen MR) is 110 cm³/mol. The average molecular weight is 399 g/mol. The number of hydrogen-bond acceptors (Lipinski definition) is 4. The number of amides is 1. The minimum absolute atomic E-state index is 0.0292. The highest BCUT2D eigenvalue weighted by atomic mass is 35.5. The maximum Gasteiger partial charge on any atom is 0.262 e. The van der Waals surface area contributed by atoms with E-state index in [1.807, 2.05) is 57.2 Å². The van der Waals surface area contributed by atoms with Gasteiger partial charge in [-0.1, -0.05) is 41.9 Å². The Labute approximate surface area is 170 Å². The Morgan fingerprint density at radius 2 is 1.89 bits per heavy atom. The molecule has 1 amide bonds. The van der Waals surface area contributed by atoms with E-state index in [0.717, 1.165) is 5.56 Å². The van der Waals surface area contributed by atoms with E-state index in [1.54, 1.807) is 12.1 Å². The van der Waals surface area contributed by atoms with Crippen LogP contribution in [0.2, 0.25) is 5.02 Å². The highest BCUT2D eigenvalue weighted by Gasteiger charge is 2.16. The number of halogens is 1. The zero-order valence-corrected chi connectivity index (χ0v) is 17.1. The summed E-state index contributed by atoms with van der Waals surface area (Å²) in [4.78, 5) is 12.5. The molecule has 0 unspecified atom stereocenters. The van der Waals surface area contributed by atoms with Crippen molar-refractivity contribution in [2.24, 2.45) is 0 Å². The van der Waals surface area contributed by atoms with Crippen molar-refractivity contribution in [3.8, 4) is 17.6 Å². The molecule has 0 aliphatic heterocycles. The summed E-state index contributed by atoms with van der Waals surface area (Å²) in [5, 5.41) is 12.6. The molecule has 0 aromatic heterocycles. The van der Waals surface area contributed by atoms with Gasteiger partial charge in [-0.05, 0) is 50.1 Å². The SMILES string of the molecule is COc1cc(/C=C(/C#N)C(=O)N[C@@H](C)c2ccccc2)cc(Cl)c1OC(C)C. The van der Waals surface area contributed by atoms with Crippen LogP contribution in [0.3, 0.4) is 0 Å². The third kappa shape index (κ3) is 5.51. The van der Waals surface area contributed by atoms with Crippen LogP contribution in [0.15, 0.2) is 48.0 Å². The van der Waals surface area contributed by atoms with Crippen LogP contribution >= 0.6 is 11.6 Å². The number of rotatable bonds is 7. The quantitative estimate of drug-likeness (QED) is 0.530. The molecule has 0 saturated heterocycles. The van der Waals surface area contributed by atoms with Crippen LogP contribution in [0, 0.1) is 11.3 Å². The second-order valence-electron chi connectivity index (χ2n) is 6.48. The number of carbonyl (C=O) groups is 1. The fourth-order valence-corrected chi connectivity index (χ4v) is 2.85. The molecule has 0 heterocycles. The van der Waals surface area contributed by atoms with Crippen LogP contribution in [-0.2, 0) is 4.79 Å². The molecule has 0 aliphatic rings. The first-order chi connectivity index (χ1) is 13.3. The normalized spacial score (nSPS) is 12.2. The molecule has 1 atom stereocenters. The minimum Gasteiger partial charge on any atom is -0.493 e. The molecule has 0 fully saturated rings. The van der Waals surface area contributed by atoms with E-state index in [-0.39, 0.29) is 17.7 Å². The summed E-state index contributed by atoms with van der Waals surface area (Å²) in [6.45, 7) is 5.63. The van der Waals surface area contributed by atoms with E-state index in [2.05, 4.69) is 5.32 Å². The van der Waals surface area contributed by atoms with Gasteiger partial charge in [0.1, 0.15) is 11.6 Å². The number of carbonyl (C=O) groups excluding carboxylic acids is 1. The molecular weight excluding hydrogens is 376 g/mol. The van der Waals surface area contributed by atoms with Crippen molar-refractivity contribution < 1.29 is 14.3 Å². The molecule has 1 N–H and O–H groups in total. The molecule has 6 heteroatoms. The van der Waals surface area contributed by atoms with Crippen molar-refractivity contribution in [3.63, 3.8) is 0 Å². The van der Waals surface area contributed by atoms with Gasteiger partial charge in [-0.15, -0.1) is 0 Å². The molecule has 0 saturated carbocycles. The molecule has 2 rings (SSSR count). The van der Waals surface area contributed by atoms with Crippen LogP contribution in [-0.4, -0.2) is 19.1 Å². The number of nitriles is 1. The van der Waals surface area contributed by atoms with Crippen molar-refractivity contribution in [2.75, 3.05) is 7.11 Å². The standard InChI is InChI=1S/C22H23ClN2O3/c1-14(2)28-21-19(23)11-16(12-20(21)27-4)10-18(13-24)22(26)25-15(3)17-8-6-5-7-9-17/h5-12,14-15H,1-4H3,(H,25,26)/b18-10-/t15-/m0/s1. The number of hydrogen-bond donors (Lipinski definition) is 1. The molecule has 5 nitrogen and oxygen atoms in total. The number of methoxy groups -OCH3 is 1. The molecule has 0 radical (unpaired) electrons. The number of nitrogens with zero attached hydrogens (tertiary/aromatic N) is 1. The van der Waals surface area contributed by atoms with Gasteiger partial charge in [-0.25, -0.2) is 0 Å². The van der Waals surface area contributed by atoms with E-state index < -0.39 is 5.91 Å². The van der Waals surface area contributed by atoms with E-state index >= 15 is 0 Å². The van der Waals surface area contributed by atoms with Crippen molar-refractivity contribution in [2.45, 2.75) is 32.9 Å². The zero-order chi connectivity index (χ0) is 20.7. The smallest absolute Gasteiger partial charge is 0.262 e. The van der Waals surface area contributed by atoms with Gasteiger partial charge in [0.15, 0.2) is 11.5 Å². The summed E-state index contributed by atoms with van der Waals surface area (Å²) >= 11 is 6.31. The third-order valence-corrected chi connectivity index (χ3v) is 4.21.